The molecule has 2 N–H and O–H groups in total. The summed E-state index contributed by atoms with van der Waals surface area (Å²) in [5, 5.41) is 11.8. The summed E-state index contributed by atoms with van der Waals surface area (Å²) in [5.74, 6) is 0. The first-order valence-corrected chi connectivity index (χ1v) is 5.94. The zero-order chi connectivity index (χ0) is 10.8. The predicted octanol–water partition coefficient (Wildman–Crippen LogP) is 0.544. The topological polar surface area (TPSA) is 50.7 Å². The third-order valence-corrected chi connectivity index (χ3v) is 2.52. The minimum atomic E-state index is 0.114. The summed E-state index contributed by atoms with van der Waals surface area (Å²) in [4.78, 5) is 0. The van der Waals surface area contributed by atoms with Crippen LogP contribution in [0.15, 0.2) is 0 Å². The Morgan fingerprint density at radius 2 is 2.27 bits per heavy atom. The van der Waals surface area contributed by atoms with Crippen molar-refractivity contribution in [3.8, 4) is 0 Å². The smallest absolute Gasteiger partial charge is 0.0699 e. The first-order valence-electron chi connectivity index (χ1n) is 5.94. The SMILES string of the molecule is OCCOCCCNCC1CCCCO1. The van der Waals surface area contributed by atoms with Gasteiger partial charge in [-0.25, -0.2) is 0 Å². The van der Waals surface area contributed by atoms with Crippen LogP contribution in [0.5, 0.6) is 0 Å². The number of hydrogen-bond acceptors (Lipinski definition) is 4. The van der Waals surface area contributed by atoms with Crippen molar-refractivity contribution in [3.63, 3.8) is 0 Å². The van der Waals surface area contributed by atoms with Crippen LogP contribution in [0.4, 0.5) is 0 Å². The van der Waals surface area contributed by atoms with Crippen LogP contribution in [-0.4, -0.2) is 50.7 Å². The number of aliphatic hydroxyl groups is 1. The maximum atomic E-state index is 8.48. The molecule has 1 aliphatic heterocycles. The molecule has 0 amide bonds. The Kier molecular flexibility index (Phi) is 7.83. The maximum absolute atomic E-state index is 8.48. The molecule has 15 heavy (non-hydrogen) atoms. The van der Waals surface area contributed by atoms with E-state index in [0.29, 0.717) is 12.7 Å². The minimum absolute atomic E-state index is 0.114. The van der Waals surface area contributed by atoms with Crippen LogP contribution in [0.1, 0.15) is 25.7 Å². The van der Waals surface area contributed by atoms with Crippen molar-refractivity contribution >= 4 is 0 Å². The van der Waals surface area contributed by atoms with Crippen LogP contribution in [0, 0.1) is 0 Å². The summed E-state index contributed by atoms with van der Waals surface area (Å²) in [6.45, 7) is 4.13. The van der Waals surface area contributed by atoms with Gasteiger partial charge in [0.15, 0.2) is 0 Å². The van der Waals surface area contributed by atoms with E-state index in [9.17, 15) is 0 Å². The van der Waals surface area contributed by atoms with Crippen molar-refractivity contribution in [3.05, 3.63) is 0 Å². The van der Waals surface area contributed by atoms with Gasteiger partial charge in [-0.05, 0) is 32.2 Å². The fourth-order valence-electron chi connectivity index (χ4n) is 1.70. The number of aliphatic hydroxyl groups excluding tert-OH is 1. The molecule has 4 heteroatoms. The molecule has 0 aromatic heterocycles. The van der Waals surface area contributed by atoms with Gasteiger partial charge in [-0.2, -0.15) is 0 Å². The van der Waals surface area contributed by atoms with E-state index in [1.807, 2.05) is 0 Å². The van der Waals surface area contributed by atoms with Gasteiger partial charge in [-0.3, -0.25) is 0 Å². The third kappa shape index (κ3) is 6.84. The summed E-state index contributed by atoms with van der Waals surface area (Å²) >= 11 is 0. The number of nitrogens with one attached hydrogen (secondary N) is 1. The molecule has 1 atom stereocenters. The van der Waals surface area contributed by atoms with Crippen molar-refractivity contribution in [1.82, 2.24) is 5.32 Å². The molecule has 0 aliphatic carbocycles. The van der Waals surface area contributed by atoms with Gasteiger partial charge in [0.1, 0.15) is 0 Å². The van der Waals surface area contributed by atoms with Gasteiger partial charge < -0.3 is 19.9 Å². The first kappa shape index (κ1) is 12.9. The van der Waals surface area contributed by atoms with Crippen molar-refractivity contribution in [2.75, 3.05) is 39.5 Å². The average Bonchev–Trinajstić information content (AvgIpc) is 2.29. The highest BCUT2D eigenvalue weighted by atomic mass is 16.5. The van der Waals surface area contributed by atoms with Crippen molar-refractivity contribution in [1.29, 1.82) is 0 Å². The van der Waals surface area contributed by atoms with Crippen molar-refractivity contribution in [2.24, 2.45) is 0 Å². The van der Waals surface area contributed by atoms with E-state index in [-0.39, 0.29) is 6.61 Å². The van der Waals surface area contributed by atoms with Crippen molar-refractivity contribution < 1.29 is 14.6 Å². The fraction of sp³-hybridized carbons (Fsp3) is 1.00. The predicted molar refractivity (Wildman–Crippen MR) is 59.0 cm³/mol. The van der Waals surface area contributed by atoms with Gasteiger partial charge >= 0.3 is 0 Å². The molecule has 90 valence electrons. The van der Waals surface area contributed by atoms with E-state index in [4.69, 9.17) is 14.6 Å². The first-order chi connectivity index (χ1) is 7.43. The van der Waals surface area contributed by atoms with Gasteiger partial charge in [0, 0.05) is 19.8 Å². The Balaban J connectivity index is 1.79. The van der Waals surface area contributed by atoms with Gasteiger partial charge in [0.25, 0.3) is 0 Å². The Labute approximate surface area is 92.0 Å². The molecular weight excluding hydrogens is 194 g/mol. The Hall–Kier alpha value is -0.160. The quantitative estimate of drug-likeness (QED) is 0.583. The minimum Gasteiger partial charge on any atom is -0.394 e. The van der Waals surface area contributed by atoms with E-state index in [0.717, 1.165) is 32.7 Å². The van der Waals surface area contributed by atoms with Crippen LogP contribution in [0.3, 0.4) is 0 Å². The van der Waals surface area contributed by atoms with Crippen LogP contribution in [0.2, 0.25) is 0 Å². The highest BCUT2D eigenvalue weighted by Crippen LogP contribution is 2.11. The third-order valence-electron chi connectivity index (χ3n) is 2.52. The van der Waals surface area contributed by atoms with E-state index < -0.39 is 0 Å². The van der Waals surface area contributed by atoms with Crippen molar-refractivity contribution in [2.45, 2.75) is 31.8 Å². The zero-order valence-electron chi connectivity index (χ0n) is 9.41. The molecule has 0 aromatic rings. The lowest BCUT2D eigenvalue weighted by atomic mass is 10.1. The molecule has 0 aromatic carbocycles. The van der Waals surface area contributed by atoms with Gasteiger partial charge in [0.2, 0.25) is 0 Å². The fourth-order valence-corrected chi connectivity index (χ4v) is 1.70. The molecule has 4 nitrogen and oxygen atoms in total. The van der Waals surface area contributed by atoms with E-state index >= 15 is 0 Å². The molecule has 1 saturated heterocycles. The van der Waals surface area contributed by atoms with Crippen LogP contribution >= 0.6 is 0 Å². The van der Waals surface area contributed by atoms with Gasteiger partial charge in [-0.15, -0.1) is 0 Å². The summed E-state index contributed by atoms with van der Waals surface area (Å²) < 4.78 is 10.7. The number of hydrogen-bond donors (Lipinski definition) is 2. The normalized spacial score (nSPS) is 21.8. The van der Waals surface area contributed by atoms with Crippen LogP contribution < -0.4 is 5.32 Å². The summed E-state index contributed by atoms with van der Waals surface area (Å²) in [6, 6.07) is 0. The lowest BCUT2D eigenvalue weighted by molar-refractivity contribution is 0.0165. The number of ether oxygens (including phenoxy) is 2. The molecular formula is C11H23NO3. The largest absolute Gasteiger partial charge is 0.394 e. The average molecular weight is 217 g/mol. The standard InChI is InChI=1S/C11H23NO3/c13-6-9-14-7-3-5-12-10-11-4-1-2-8-15-11/h11-13H,1-10H2. The van der Waals surface area contributed by atoms with E-state index in [1.165, 1.54) is 19.3 Å². The number of rotatable bonds is 8. The second kappa shape index (κ2) is 9.09. The monoisotopic (exact) mass is 217 g/mol. The van der Waals surface area contributed by atoms with E-state index in [1.54, 1.807) is 0 Å². The zero-order valence-corrected chi connectivity index (χ0v) is 9.41. The molecule has 1 fully saturated rings. The summed E-state index contributed by atoms with van der Waals surface area (Å²) in [6.07, 6.45) is 5.11. The molecule has 0 bridgehead atoms. The second-order valence-corrected chi connectivity index (χ2v) is 3.88. The molecule has 0 saturated carbocycles. The highest BCUT2D eigenvalue weighted by Gasteiger charge is 2.12. The van der Waals surface area contributed by atoms with Crippen LogP contribution in [0.25, 0.3) is 0 Å². The molecule has 1 rings (SSSR count). The Morgan fingerprint density at radius 3 is 3.00 bits per heavy atom. The molecule has 1 heterocycles. The van der Waals surface area contributed by atoms with E-state index in [2.05, 4.69) is 5.32 Å². The summed E-state index contributed by atoms with van der Waals surface area (Å²) in [7, 11) is 0. The van der Waals surface area contributed by atoms with Crippen LogP contribution in [-0.2, 0) is 9.47 Å². The molecule has 1 aliphatic rings. The van der Waals surface area contributed by atoms with Gasteiger partial charge in [-0.1, -0.05) is 0 Å². The lowest BCUT2D eigenvalue weighted by Crippen LogP contribution is -2.32. The second-order valence-electron chi connectivity index (χ2n) is 3.88. The summed E-state index contributed by atoms with van der Waals surface area (Å²) in [5.41, 5.74) is 0. The molecule has 1 unspecified atom stereocenters. The lowest BCUT2D eigenvalue weighted by Gasteiger charge is -2.22. The molecule has 0 spiro atoms. The Morgan fingerprint density at radius 1 is 1.33 bits per heavy atom. The van der Waals surface area contributed by atoms with Gasteiger partial charge in [0.05, 0.1) is 19.3 Å². The highest BCUT2D eigenvalue weighted by molar-refractivity contribution is 4.66. The molecule has 0 radical (unpaired) electrons. The Bertz CT molecular complexity index is 138. The maximum Gasteiger partial charge on any atom is 0.0699 e.